The topological polar surface area (TPSA) is 76.5 Å². The second kappa shape index (κ2) is 9.36. The maximum atomic E-state index is 13.3. The van der Waals surface area contributed by atoms with Gasteiger partial charge in [0.15, 0.2) is 5.11 Å². The van der Waals surface area contributed by atoms with Crippen molar-refractivity contribution in [1.29, 1.82) is 0 Å². The highest BCUT2D eigenvalue weighted by molar-refractivity contribution is 7.80. The van der Waals surface area contributed by atoms with Gasteiger partial charge in [-0.3, -0.25) is 19.8 Å². The molecule has 5 rings (SSSR count). The van der Waals surface area contributed by atoms with Crippen molar-refractivity contribution >= 4 is 40.9 Å². The molecule has 35 heavy (non-hydrogen) atoms. The monoisotopic (exact) mass is 480 g/mol. The molecule has 0 saturated carbocycles. The van der Waals surface area contributed by atoms with Crippen LogP contribution in [0.15, 0.2) is 96.8 Å². The summed E-state index contributed by atoms with van der Waals surface area (Å²) in [5, 5.41) is 6.96. The third kappa shape index (κ3) is 4.73. The van der Waals surface area contributed by atoms with E-state index in [0.29, 0.717) is 22.7 Å². The number of anilines is 1. The van der Waals surface area contributed by atoms with Crippen molar-refractivity contribution in [2.75, 3.05) is 4.90 Å². The van der Waals surface area contributed by atoms with Gasteiger partial charge in [0.25, 0.3) is 11.8 Å². The van der Waals surface area contributed by atoms with Gasteiger partial charge in [0.2, 0.25) is 0 Å². The summed E-state index contributed by atoms with van der Waals surface area (Å²) < 4.78 is 7.50. The number of para-hydroxylation sites is 1. The zero-order valence-electron chi connectivity index (χ0n) is 18.7. The summed E-state index contributed by atoms with van der Waals surface area (Å²) >= 11 is 5.30. The minimum Gasteiger partial charge on any atom is -0.457 e. The number of ether oxygens (including phenoxy) is 1. The number of aryl methyl sites for hydroxylation is 1. The number of amides is 2. The van der Waals surface area contributed by atoms with E-state index in [-0.39, 0.29) is 10.7 Å². The van der Waals surface area contributed by atoms with Crippen LogP contribution in [0.1, 0.15) is 11.1 Å². The lowest BCUT2D eigenvalue weighted by Crippen LogP contribution is -2.54. The number of thiocarbonyl (C=S) groups is 1. The van der Waals surface area contributed by atoms with Crippen molar-refractivity contribution in [3.8, 4) is 17.2 Å². The third-order valence-electron chi connectivity index (χ3n) is 5.39. The predicted molar refractivity (Wildman–Crippen MR) is 137 cm³/mol. The van der Waals surface area contributed by atoms with Crippen LogP contribution in [-0.2, 0) is 9.59 Å². The summed E-state index contributed by atoms with van der Waals surface area (Å²) in [5.74, 6) is 0.245. The Morgan fingerprint density at radius 2 is 1.54 bits per heavy atom. The number of rotatable bonds is 5. The number of hydrogen-bond donors (Lipinski definition) is 1. The van der Waals surface area contributed by atoms with E-state index in [1.54, 1.807) is 41.3 Å². The molecule has 1 N–H and O–H groups in total. The van der Waals surface area contributed by atoms with E-state index in [2.05, 4.69) is 10.4 Å². The number of carbonyl (C=O) groups excluding carboxylic acids is 2. The van der Waals surface area contributed by atoms with Crippen LogP contribution in [0.3, 0.4) is 0 Å². The average molecular weight is 481 g/mol. The van der Waals surface area contributed by atoms with Gasteiger partial charge in [-0.2, -0.15) is 5.10 Å². The first-order chi connectivity index (χ1) is 17.0. The molecule has 8 heteroatoms. The normalized spacial score (nSPS) is 14.8. The van der Waals surface area contributed by atoms with Crippen LogP contribution in [-0.4, -0.2) is 26.7 Å². The van der Waals surface area contributed by atoms with Crippen molar-refractivity contribution in [2.45, 2.75) is 6.92 Å². The Morgan fingerprint density at radius 1 is 0.886 bits per heavy atom. The second-order valence-corrected chi connectivity index (χ2v) is 8.31. The highest BCUT2D eigenvalue weighted by Crippen LogP contribution is 2.27. The van der Waals surface area contributed by atoms with Gasteiger partial charge in [0.1, 0.15) is 17.1 Å². The Hall–Kier alpha value is -4.56. The molecule has 0 unspecified atom stereocenters. The third-order valence-corrected chi connectivity index (χ3v) is 5.67. The summed E-state index contributed by atoms with van der Waals surface area (Å²) in [6.45, 7) is 2.01. The van der Waals surface area contributed by atoms with Crippen LogP contribution < -0.4 is 15.0 Å². The van der Waals surface area contributed by atoms with Crippen molar-refractivity contribution in [1.82, 2.24) is 15.1 Å². The molecule has 3 aromatic carbocycles. The number of nitrogens with zero attached hydrogens (tertiary/aromatic N) is 3. The van der Waals surface area contributed by atoms with Crippen LogP contribution in [0.4, 0.5) is 5.69 Å². The molecule has 7 nitrogen and oxygen atoms in total. The summed E-state index contributed by atoms with van der Waals surface area (Å²) in [6.07, 6.45) is 4.86. The highest BCUT2D eigenvalue weighted by atomic mass is 32.1. The van der Waals surface area contributed by atoms with Gasteiger partial charge >= 0.3 is 0 Å². The standard InChI is InChI=1S/C27H20N4O3S/c1-18-7-9-20(10-8-18)30-17-19(16-28-30)15-24-25(32)29-27(35)31(26(24)33)21-11-13-23(14-12-21)34-22-5-3-2-4-6-22/h2-17H,1H3,(H,29,32,35)/b24-15-. The molecule has 1 aromatic heterocycles. The number of nitrogens with one attached hydrogen (secondary N) is 1. The maximum absolute atomic E-state index is 13.3. The maximum Gasteiger partial charge on any atom is 0.270 e. The van der Waals surface area contributed by atoms with Crippen LogP contribution in [0, 0.1) is 6.92 Å². The van der Waals surface area contributed by atoms with Crippen LogP contribution >= 0.6 is 12.2 Å². The van der Waals surface area contributed by atoms with Gasteiger partial charge in [-0.1, -0.05) is 35.9 Å². The second-order valence-electron chi connectivity index (χ2n) is 7.92. The molecule has 0 atom stereocenters. The fraction of sp³-hybridized carbons (Fsp3) is 0.0370. The quantitative estimate of drug-likeness (QED) is 0.252. The Labute approximate surface area is 207 Å². The van der Waals surface area contributed by atoms with Crippen LogP contribution in [0.25, 0.3) is 11.8 Å². The van der Waals surface area contributed by atoms with Gasteiger partial charge in [-0.25, -0.2) is 4.68 Å². The summed E-state index contributed by atoms with van der Waals surface area (Å²) in [4.78, 5) is 27.2. The number of carbonyl (C=O) groups is 2. The van der Waals surface area contributed by atoms with Crippen molar-refractivity contribution in [3.05, 3.63) is 108 Å². The molecule has 1 fully saturated rings. The molecule has 172 valence electrons. The van der Waals surface area contributed by atoms with Crippen molar-refractivity contribution < 1.29 is 14.3 Å². The zero-order valence-corrected chi connectivity index (χ0v) is 19.5. The lowest BCUT2D eigenvalue weighted by atomic mass is 10.1. The molecule has 1 aliphatic rings. The SMILES string of the molecule is Cc1ccc(-n2cc(/C=C3/C(=O)NC(=S)N(c4ccc(Oc5ccccc5)cc4)C3=O)cn2)cc1. The first kappa shape index (κ1) is 22.2. The molecule has 2 heterocycles. The lowest BCUT2D eigenvalue weighted by Gasteiger charge is -2.28. The molecule has 0 spiro atoms. The largest absolute Gasteiger partial charge is 0.457 e. The van der Waals surface area contributed by atoms with E-state index in [0.717, 1.165) is 11.3 Å². The van der Waals surface area contributed by atoms with E-state index in [4.69, 9.17) is 17.0 Å². The van der Waals surface area contributed by atoms with E-state index in [9.17, 15) is 9.59 Å². The summed E-state index contributed by atoms with van der Waals surface area (Å²) in [7, 11) is 0. The Kier molecular flexibility index (Phi) is 5.95. The van der Waals surface area contributed by atoms with E-state index >= 15 is 0 Å². The minimum absolute atomic E-state index is 0.0178. The fourth-order valence-electron chi connectivity index (χ4n) is 3.60. The number of aromatic nitrogens is 2. The van der Waals surface area contributed by atoms with Crippen LogP contribution in [0.5, 0.6) is 11.5 Å². The van der Waals surface area contributed by atoms with Gasteiger partial charge in [0.05, 0.1) is 17.6 Å². The molecule has 0 bridgehead atoms. The van der Waals surface area contributed by atoms with E-state index in [1.165, 1.54) is 11.0 Å². The van der Waals surface area contributed by atoms with Gasteiger partial charge in [-0.05, 0) is 73.7 Å². The molecule has 0 radical (unpaired) electrons. The smallest absolute Gasteiger partial charge is 0.270 e. The van der Waals surface area contributed by atoms with Crippen molar-refractivity contribution in [3.63, 3.8) is 0 Å². The molecule has 4 aromatic rings. The molecule has 2 amide bonds. The molecular weight excluding hydrogens is 460 g/mol. The summed E-state index contributed by atoms with van der Waals surface area (Å²) in [6, 6.07) is 24.2. The molecule has 1 saturated heterocycles. The Morgan fingerprint density at radius 3 is 2.26 bits per heavy atom. The minimum atomic E-state index is -0.552. The molecule has 0 aliphatic carbocycles. The van der Waals surface area contributed by atoms with Crippen LogP contribution in [0.2, 0.25) is 0 Å². The predicted octanol–water partition coefficient (Wildman–Crippen LogP) is 4.80. The van der Waals surface area contributed by atoms with Gasteiger partial charge in [0, 0.05) is 11.8 Å². The zero-order chi connectivity index (χ0) is 24.4. The first-order valence-corrected chi connectivity index (χ1v) is 11.2. The van der Waals surface area contributed by atoms with Gasteiger partial charge in [-0.15, -0.1) is 0 Å². The average Bonchev–Trinajstić information content (AvgIpc) is 3.32. The fourth-order valence-corrected chi connectivity index (χ4v) is 3.88. The Bertz CT molecular complexity index is 1440. The van der Waals surface area contributed by atoms with Crippen molar-refractivity contribution in [2.24, 2.45) is 0 Å². The van der Waals surface area contributed by atoms with Gasteiger partial charge < -0.3 is 4.74 Å². The first-order valence-electron chi connectivity index (χ1n) is 10.8. The lowest BCUT2D eigenvalue weighted by molar-refractivity contribution is -0.122. The molecular formula is C27H20N4O3S. The van der Waals surface area contributed by atoms with E-state index < -0.39 is 11.8 Å². The number of benzene rings is 3. The highest BCUT2D eigenvalue weighted by Gasteiger charge is 2.34. The summed E-state index contributed by atoms with van der Waals surface area (Å²) in [5.41, 5.74) is 3.11. The molecule has 1 aliphatic heterocycles. The Balaban J connectivity index is 1.38. The number of hydrogen-bond acceptors (Lipinski definition) is 5. The van der Waals surface area contributed by atoms with E-state index in [1.807, 2.05) is 61.5 Å².